The predicted molar refractivity (Wildman–Crippen MR) is 99.0 cm³/mol. The second-order valence-electron chi connectivity index (χ2n) is 5.31. The van der Waals surface area contributed by atoms with Crippen LogP contribution in [0.5, 0.6) is 11.5 Å². The molecule has 2 aromatic rings. The first kappa shape index (κ1) is 18.8. The minimum absolute atomic E-state index is 0.112. The lowest BCUT2D eigenvalue weighted by Gasteiger charge is -2.13. The summed E-state index contributed by atoms with van der Waals surface area (Å²) in [5.41, 5.74) is 1.74. The van der Waals surface area contributed by atoms with E-state index in [0.29, 0.717) is 23.1 Å². The third-order valence-electron chi connectivity index (χ3n) is 3.53. The Bertz CT molecular complexity index is 748. The van der Waals surface area contributed by atoms with Gasteiger partial charge in [0.15, 0.2) is 11.5 Å². The van der Waals surface area contributed by atoms with E-state index in [4.69, 9.17) is 21.1 Å². The molecule has 132 valence electrons. The van der Waals surface area contributed by atoms with Crippen molar-refractivity contribution in [3.05, 3.63) is 58.9 Å². The molecule has 1 amide bonds. The lowest BCUT2D eigenvalue weighted by Crippen LogP contribution is -2.24. The molecule has 0 fully saturated rings. The highest BCUT2D eigenvalue weighted by Crippen LogP contribution is 2.36. The van der Waals surface area contributed by atoms with Crippen molar-refractivity contribution in [2.24, 2.45) is 0 Å². The molecule has 0 bridgehead atoms. The van der Waals surface area contributed by atoms with E-state index in [-0.39, 0.29) is 11.9 Å². The number of benzene rings is 1. The van der Waals surface area contributed by atoms with Crippen LogP contribution in [0.15, 0.2) is 42.7 Å². The molecular weight excluding hydrogens is 340 g/mol. The zero-order valence-electron chi connectivity index (χ0n) is 14.5. The van der Waals surface area contributed by atoms with Gasteiger partial charge in [0.25, 0.3) is 0 Å². The Hall–Kier alpha value is -2.53. The number of hydrogen-bond donors (Lipinski definition) is 1. The Morgan fingerprint density at radius 1 is 1.36 bits per heavy atom. The van der Waals surface area contributed by atoms with Gasteiger partial charge in [-0.15, -0.1) is 0 Å². The molecule has 0 radical (unpaired) electrons. The molecule has 0 aliphatic carbocycles. The van der Waals surface area contributed by atoms with Gasteiger partial charge in [-0.1, -0.05) is 11.6 Å². The molecule has 2 rings (SSSR count). The van der Waals surface area contributed by atoms with Crippen LogP contribution in [-0.4, -0.2) is 24.6 Å². The fraction of sp³-hybridized carbons (Fsp3) is 0.263. The van der Waals surface area contributed by atoms with Crippen molar-refractivity contribution in [3.8, 4) is 11.5 Å². The third kappa shape index (κ3) is 5.22. The van der Waals surface area contributed by atoms with Crippen LogP contribution in [0.2, 0.25) is 5.02 Å². The highest BCUT2D eigenvalue weighted by atomic mass is 35.5. The second-order valence-corrected chi connectivity index (χ2v) is 5.72. The molecule has 1 heterocycles. The second kappa shape index (κ2) is 9.08. The van der Waals surface area contributed by atoms with E-state index in [0.717, 1.165) is 11.1 Å². The van der Waals surface area contributed by atoms with E-state index in [2.05, 4.69) is 10.3 Å². The van der Waals surface area contributed by atoms with Crippen LogP contribution >= 0.6 is 11.6 Å². The average Bonchev–Trinajstić information content (AvgIpc) is 2.61. The van der Waals surface area contributed by atoms with Crippen molar-refractivity contribution in [1.29, 1.82) is 0 Å². The van der Waals surface area contributed by atoms with E-state index in [1.807, 2.05) is 26.0 Å². The Kier molecular flexibility index (Phi) is 6.83. The van der Waals surface area contributed by atoms with Gasteiger partial charge in [-0.3, -0.25) is 9.78 Å². The number of carbonyl (C=O) groups is 1. The summed E-state index contributed by atoms with van der Waals surface area (Å²) in [6.07, 6.45) is 6.54. The van der Waals surface area contributed by atoms with E-state index in [9.17, 15) is 4.79 Å². The SMILES string of the molecule is CCOc1cc(C=CC(=O)NC(C)c2ccncc2)cc(Cl)c1OC. The summed E-state index contributed by atoms with van der Waals surface area (Å²) in [7, 11) is 1.53. The maximum absolute atomic E-state index is 12.1. The van der Waals surface area contributed by atoms with Crippen molar-refractivity contribution in [1.82, 2.24) is 10.3 Å². The summed E-state index contributed by atoms with van der Waals surface area (Å²) >= 11 is 6.20. The Labute approximate surface area is 152 Å². The average molecular weight is 361 g/mol. The maximum atomic E-state index is 12.1. The molecule has 25 heavy (non-hydrogen) atoms. The molecule has 0 spiro atoms. The summed E-state index contributed by atoms with van der Waals surface area (Å²) in [5, 5.41) is 3.33. The smallest absolute Gasteiger partial charge is 0.244 e. The van der Waals surface area contributed by atoms with Crippen LogP contribution in [0.25, 0.3) is 6.08 Å². The molecule has 1 unspecified atom stereocenters. The Morgan fingerprint density at radius 2 is 2.08 bits per heavy atom. The van der Waals surface area contributed by atoms with Crippen LogP contribution in [0.4, 0.5) is 0 Å². The van der Waals surface area contributed by atoms with E-state index >= 15 is 0 Å². The molecule has 0 aliphatic heterocycles. The molecule has 1 aromatic heterocycles. The number of carbonyl (C=O) groups excluding carboxylic acids is 1. The lowest BCUT2D eigenvalue weighted by atomic mass is 10.1. The van der Waals surface area contributed by atoms with E-state index in [1.165, 1.54) is 13.2 Å². The number of ether oxygens (including phenoxy) is 2. The Balaban J connectivity index is 2.09. The van der Waals surface area contributed by atoms with Crippen LogP contribution in [0.1, 0.15) is 31.0 Å². The molecule has 1 aromatic carbocycles. The molecule has 0 aliphatic rings. The summed E-state index contributed by atoms with van der Waals surface area (Å²) in [5.74, 6) is 0.827. The van der Waals surface area contributed by atoms with Gasteiger partial charge in [-0.25, -0.2) is 0 Å². The zero-order valence-corrected chi connectivity index (χ0v) is 15.2. The third-order valence-corrected chi connectivity index (χ3v) is 3.81. The molecule has 1 atom stereocenters. The molecule has 0 saturated carbocycles. The topological polar surface area (TPSA) is 60.5 Å². The first-order valence-corrected chi connectivity index (χ1v) is 8.31. The van der Waals surface area contributed by atoms with Gasteiger partial charge in [0.1, 0.15) is 0 Å². The monoisotopic (exact) mass is 360 g/mol. The number of halogens is 1. The predicted octanol–water partition coefficient (Wildman–Crippen LogP) is 4.03. The molecule has 5 nitrogen and oxygen atoms in total. The zero-order chi connectivity index (χ0) is 18.2. The number of nitrogens with zero attached hydrogens (tertiary/aromatic N) is 1. The fourth-order valence-corrected chi connectivity index (χ4v) is 2.61. The van der Waals surface area contributed by atoms with E-state index < -0.39 is 0 Å². The van der Waals surface area contributed by atoms with E-state index in [1.54, 1.807) is 30.6 Å². The molecular formula is C19H21ClN2O3. The summed E-state index contributed by atoms with van der Waals surface area (Å²) in [6.45, 7) is 4.28. The van der Waals surface area contributed by atoms with Crippen molar-refractivity contribution in [2.75, 3.05) is 13.7 Å². The van der Waals surface area contributed by atoms with Crippen molar-refractivity contribution in [2.45, 2.75) is 19.9 Å². The standard InChI is InChI=1S/C19H21ClN2O3/c1-4-25-17-12-14(11-16(20)19(17)24-3)5-6-18(23)22-13(2)15-7-9-21-10-8-15/h5-13H,4H2,1-3H3,(H,22,23). The number of hydrogen-bond acceptors (Lipinski definition) is 4. The van der Waals surface area contributed by atoms with Crippen LogP contribution < -0.4 is 14.8 Å². The highest BCUT2D eigenvalue weighted by Gasteiger charge is 2.11. The van der Waals surface area contributed by atoms with Gasteiger partial charge in [-0.2, -0.15) is 0 Å². The first-order chi connectivity index (χ1) is 12.0. The van der Waals surface area contributed by atoms with Crippen molar-refractivity contribution >= 4 is 23.6 Å². The first-order valence-electron chi connectivity index (χ1n) is 7.94. The number of pyridine rings is 1. The number of nitrogens with one attached hydrogen (secondary N) is 1. The summed E-state index contributed by atoms with van der Waals surface area (Å²) < 4.78 is 10.8. The quantitative estimate of drug-likeness (QED) is 0.757. The number of methoxy groups -OCH3 is 1. The minimum Gasteiger partial charge on any atom is -0.491 e. The van der Waals surface area contributed by atoms with Crippen molar-refractivity contribution in [3.63, 3.8) is 0 Å². The molecule has 1 N–H and O–H groups in total. The minimum atomic E-state index is -0.200. The molecule has 0 saturated heterocycles. The summed E-state index contributed by atoms with van der Waals surface area (Å²) in [4.78, 5) is 16.1. The van der Waals surface area contributed by atoms with Gasteiger partial charge in [-0.05, 0) is 55.3 Å². The number of aromatic nitrogens is 1. The lowest BCUT2D eigenvalue weighted by molar-refractivity contribution is -0.117. The largest absolute Gasteiger partial charge is 0.491 e. The summed E-state index contributed by atoms with van der Waals surface area (Å²) in [6, 6.07) is 7.13. The highest BCUT2D eigenvalue weighted by molar-refractivity contribution is 6.32. The Morgan fingerprint density at radius 3 is 2.72 bits per heavy atom. The van der Waals surface area contributed by atoms with Gasteiger partial charge in [0, 0.05) is 18.5 Å². The van der Waals surface area contributed by atoms with Crippen LogP contribution in [0.3, 0.4) is 0 Å². The van der Waals surface area contributed by atoms with Gasteiger partial charge in [0.2, 0.25) is 5.91 Å². The maximum Gasteiger partial charge on any atom is 0.244 e. The number of amides is 1. The van der Waals surface area contributed by atoms with Crippen LogP contribution in [0, 0.1) is 0 Å². The molecule has 6 heteroatoms. The van der Waals surface area contributed by atoms with Gasteiger partial charge >= 0.3 is 0 Å². The fourth-order valence-electron chi connectivity index (χ4n) is 2.31. The van der Waals surface area contributed by atoms with Crippen molar-refractivity contribution < 1.29 is 14.3 Å². The van der Waals surface area contributed by atoms with Gasteiger partial charge in [0.05, 0.1) is 24.8 Å². The van der Waals surface area contributed by atoms with Crippen LogP contribution in [-0.2, 0) is 4.79 Å². The normalized spacial score (nSPS) is 12.0. The number of rotatable bonds is 7. The van der Waals surface area contributed by atoms with Gasteiger partial charge < -0.3 is 14.8 Å².